The van der Waals surface area contributed by atoms with Gasteiger partial charge in [0.1, 0.15) is 5.75 Å². The van der Waals surface area contributed by atoms with Crippen molar-refractivity contribution in [2.75, 3.05) is 36.5 Å². The van der Waals surface area contributed by atoms with Crippen molar-refractivity contribution in [1.82, 2.24) is 10.2 Å². The maximum Gasteiger partial charge on any atom is 0.265 e. The van der Waals surface area contributed by atoms with Crippen molar-refractivity contribution in [2.45, 2.75) is 26.9 Å². The smallest absolute Gasteiger partial charge is 0.265 e. The number of rotatable bonds is 6. The maximum atomic E-state index is 12.7. The van der Waals surface area contributed by atoms with Gasteiger partial charge in [-0.05, 0) is 68.3 Å². The Kier molecular flexibility index (Phi) is 6.66. The van der Waals surface area contributed by atoms with Crippen molar-refractivity contribution in [2.24, 2.45) is 0 Å². The van der Waals surface area contributed by atoms with Crippen molar-refractivity contribution in [3.8, 4) is 17.0 Å². The minimum absolute atomic E-state index is 0.213. The quantitative estimate of drug-likeness (QED) is 0.634. The van der Waals surface area contributed by atoms with Crippen LogP contribution in [0.4, 0.5) is 11.5 Å². The van der Waals surface area contributed by atoms with Crippen molar-refractivity contribution in [3.05, 3.63) is 65.7 Å². The molecule has 0 radical (unpaired) electrons. The molecule has 1 aliphatic rings. The van der Waals surface area contributed by atoms with Gasteiger partial charge in [-0.2, -0.15) is 0 Å². The zero-order chi connectivity index (χ0) is 22.5. The lowest BCUT2D eigenvalue weighted by Gasteiger charge is -2.27. The molecule has 4 rings (SSSR count). The van der Waals surface area contributed by atoms with E-state index < -0.39 is 6.10 Å². The van der Waals surface area contributed by atoms with Gasteiger partial charge in [0.25, 0.3) is 5.91 Å². The minimum atomic E-state index is -0.632. The van der Waals surface area contributed by atoms with Crippen LogP contribution in [-0.4, -0.2) is 48.5 Å². The topological polar surface area (TPSA) is 76.6 Å². The first kappa shape index (κ1) is 21.8. The number of aromatic nitrogens is 2. The van der Waals surface area contributed by atoms with Gasteiger partial charge in [0.2, 0.25) is 0 Å². The molecule has 0 bridgehead atoms. The summed E-state index contributed by atoms with van der Waals surface area (Å²) in [7, 11) is 0. The lowest BCUT2D eigenvalue weighted by atomic mass is 10.1. The van der Waals surface area contributed by atoms with Crippen LogP contribution < -0.4 is 15.0 Å². The summed E-state index contributed by atoms with van der Waals surface area (Å²) in [4.78, 5) is 14.8. The zero-order valence-corrected chi connectivity index (χ0v) is 18.7. The van der Waals surface area contributed by atoms with Crippen molar-refractivity contribution in [3.63, 3.8) is 0 Å². The average molecular weight is 433 g/mol. The van der Waals surface area contributed by atoms with Crippen LogP contribution in [0.1, 0.15) is 18.1 Å². The van der Waals surface area contributed by atoms with Crippen molar-refractivity contribution in [1.29, 1.82) is 0 Å². The molecule has 1 N–H and O–H groups in total. The van der Waals surface area contributed by atoms with Crippen molar-refractivity contribution < 1.29 is 14.3 Å². The zero-order valence-electron chi connectivity index (χ0n) is 18.7. The monoisotopic (exact) mass is 432 g/mol. The Morgan fingerprint density at radius 2 is 1.78 bits per heavy atom. The standard InChI is InChI=1S/C25H28N4O3/c1-17-13-18(2)15-22(14-17)32-19(3)25(30)26-21-6-4-5-20(16-21)23-7-8-24(28-27-23)29-9-11-31-12-10-29/h4-8,13-16,19H,9-12H2,1-3H3,(H,26,30). The number of ether oxygens (including phenoxy) is 2. The number of carbonyl (C=O) groups excluding carboxylic acids is 1. The Balaban J connectivity index is 1.41. The Bertz CT molecular complexity index is 1060. The largest absolute Gasteiger partial charge is 0.481 e. The third-order valence-electron chi connectivity index (χ3n) is 5.29. The molecule has 1 aliphatic heterocycles. The van der Waals surface area contributed by atoms with Crippen LogP contribution in [0.3, 0.4) is 0 Å². The second-order valence-electron chi connectivity index (χ2n) is 8.03. The second kappa shape index (κ2) is 9.78. The fourth-order valence-electron chi connectivity index (χ4n) is 3.70. The number of carbonyl (C=O) groups is 1. The molecule has 1 atom stereocenters. The summed E-state index contributed by atoms with van der Waals surface area (Å²) in [6, 6.07) is 17.4. The first-order chi connectivity index (χ1) is 15.5. The van der Waals surface area contributed by atoms with E-state index in [2.05, 4.69) is 26.5 Å². The molecule has 1 saturated heterocycles. The van der Waals surface area contributed by atoms with Gasteiger partial charge in [-0.1, -0.05) is 18.2 Å². The van der Waals surface area contributed by atoms with E-state index in [1.165, 1.54) is 0 Å². The number of hydrogen-bond donors (Lipinski definition) is 1. The highest BCUT2D eigenvalue weighted by molar-refractivity contribution is 5.94. The molecule has 32 heavy (non-hydrogen) atoms. The van der Waals surface area contributed by atoms with Crippen LogP contribution >= 0.6 is 0 Å². The Labute approximate surface area is 188 Å². The molecule has 0 saturated carbocycles. The Morgan fingerprint density at radius 1 is 1.03 bits per heavy atom. The summed E-state index contributed by atoms with van der Waals surface area (Å²) < 4.78 is 11.2. The van der Waals surface area contributed by atoms with Crippen molar-refractivity contribution >= 4 is 17.4 Å². The summed E-state index contributed by atoms with van der Waals surface area (Å²) in [5.41, 5.74) is 4.51. The normalized spacial score (nSPS) is 14.7. The number of aryl methyl sites for hydroxylation is 2. The molecule has 1 aromatic heterocycles. The van der Waals surface area contributed by atoms with Gasteiger partial charge in [0.15, 0.2) is 11.9 Å². The highest BCUT2D eigenvalue weighted by Gasteiger charge is 2.16. The lowest BCUT2D eigenvalue weighted by Crippen LogP contribution is -2.36. The number of nitrogens with zero attached hydrogens (tertiary/aromatic N) is 3. The fourth-order valence-corrected chi connectivity index (χ4v) is 3.70. The van der Waals surface area contributed by atoms with E-state index in [-0.39, 0.29) is 5.91 Å². The van der Waals surface area contributed by atoms with E-state index in [0.717, 1.165) is 41.3 Å². The van der Waals surface area contributed by atoms with E-state index >= 15 is 0 Å². The molecular weight excluding hydrogens is 404 g/mol. The van der Waals surface area contributed by atoms with Gasteiger partial charge in [-0.15, -0.1) is 10.2 Å². The number of hydrogen-bond acceptors (Lipinski definition) is 6. The molecule has 2 heterocycles. The Morgan fingerprint density at radius 3 is 2.47 bits per heavy atom. The van der Waals surface area contributed by atoms with E-state index in [4.69, 9.17) is 9.47 Å². The molecule has 1 unspecified atom stereocenters. The number of morpholine rings is 1. The molecule has 7 nitrogen and oxygen atoms in total. The molecule has 166 valence electrons. The molecular formula is C25H28N4O3. The predicted octanol–water partition coefficient (Wildman–Crippen LogP) is 4.00. The number of amides is 1. The third-order valence-corrected chi connectivity index (χ3v) is 5.29. The molecule has 1 fully saturated rings. The van der Waals surface area contributed by atoms with E-state index in [0.29, 0.717) is 24.7 Å². The maximum absolute atomic E-state index is 12.7. The van der Waals surface area contributed by atoms with Crippen LogP contribution in [0.25, 0.3) is 11.3 Å². The minimum Gasteiger partial charge on any atom is -0.481 e. The summed E-state index contributed by atoms with van der Waals surface area (Å²) >= 11 is 0. The summed E-state index contributed by atoms with van der Waals surface area (Å²) in [5.74, 6) is 1.32. The number of benzene rings is 2. The summed E-state index contributed by atoms with van der Waals surface area (Å²) in [6.07, 6.45) is -0.632. The highest BCUT2D eigenvalue weighted by Crippen LogP contribution is 2.23. The van der Waals surface area contributed by atoms with Gasteiger partial charge < -0.3 is 19.7 Å². The van der Waals surface area contributed by atoms with E-state index in [1.54, 1.807) is 6.92 Å². The molecule has 2 aromatic carbocycles. The SMILES string of the molecule is Cc1cc(C)cc(OC(C)C(=O)Nc2cccc(-c3ccc(N4CCOCC4)nn3)c2)c1. The average Bonchev–Trinajstić information content (AvgIpc) is 2.79. The number of nitrogens with one attached hydrogen (secondary N) is 1. The van der Waals surface area contributed by atoms with Gasteiger partial charge in [0, 0.05) is 24.3 Å². The van der Waals surface area contributed by atoms with E-state index in [9.17, 15) is 4.79 Å². The molecule has 0 spiro atoms. The number of anilines is 2. The van der Waals surface area contributed by atoms with Gasteiger partial charge in [0.05, 0.1) is 18.9 Å². The van der Waals surface area contributed by atoms with Crippen LogP contribution in [0.5, 0.6) is 5.75 Å². The molecule has 7 heteroatoms. The second-order valence-corrected chi connectivity index (χ2v) is 8.03. The van der Waals surface area contributed by atoms with Gasteiger partial charge >= 0.3 is 0 Å². The third kappa shape index (κ3) is 5.42. The Hall–Kier alpha value is -3.45. The molecule has 1 amide bonds. The van der Waals surface area contributed by atoms with Crippen LogP contribution in [0.15, 0.2) is 54.6 Å². The summed E-state index contributed by atoms with van der Waals surface area (Å²) in [6.45, 7) is 8.80. The fraction of sp³-hybridized carbons (Fsp3) is 0.320. The van der Waals surface area contributed by atoms with Crippen LogP contribution in [0.2, 0.25) is 0 Å². The predicted molar refractivity (Wildman–Crippen MR) is 125 cm³/mol. The van der Waals surface area contributed by atoms with Crippen LogP contribution in [0, 0.1) is 13.8 Å². The van der Waals surface area contributed by atoms with Gasteiger partial charge in [-0.25, -0.2) is 0 Å². The molecule has 0 aliphatic carbocycles. The first-order valence-electron chi connectivity index (χ1n) is 10.8. The van der Waals surface area contributed by atoms with Gasteiger partial charge in [-0.3, -0.25) is 4.79 Å². The highest BCUT2D eigenvalue weighted by atomic mass is 16.5. The molecule has 3 aromatic rings. The van der Waals surface area contributed by atoms with E-state index in [1.807, 2.05) is 62.4 Å². The van der Waals surface area contributed by atoms with Crippen LogP contribution in [-0.2, 0) is 9.53 Å². The first-order valence-corrected chi connectivity index (χ1v) is 10.8. The summed E-state index contributed by atoms with van der Waals surface area (Å²) in [5, 5.41) is 11.7. The lowest BCUT2D eigenvalue weighted by molar-refractivity contribution is -0.122.